The second kappa shape index (κ2) is 7.43. The molecule has 1 fully saturated rings. The molecule has 1 aliphatic carbocycles. The first-order valence-electron chi connectivity index (χ1n) is 7.62. The number of benzene rings is 1. The summed E-state index contributed by atoms with van der Waals surface area (Å²) >= 11 is 5.93. The van der Waals surface area contributed by atoms with Crippen molar-refractivity contribution in [2.75, 3.05) is 20.1 Å². The predicted octanol–water partition coefficient (Wildman–Crippen LogP) is 3.88. The Kier molecular flexibility index (Phi) is 5.79. The van der Waals surface area contributed by atoms with Gasteiger partial charge in [-0.05, 0) is 30.5 Å². The third kappa shape index (κ3) is 5.03. The fourth-order valence-electron chi connectivity index (χ4n) is 2.77. The molecule has 0 heterocycles. The average molecular weight is 348 g/mol. The van der Waals surface area contributed by atoms with Gasteiger partial charge in [0.15, 0.2) is 5.96 Å². The Balaban J connectivity index is 1.90. The molecular weight excluding hydrogens is 327 g/mol. The van der Waals surface area contributed by atoms with E-state index in [1.165, 1.54) is 5.56 Å². The zero-order chi connectivity index (χ0) is 16.9. The van der Waals surface area contributed by atoms with Crippen molar-refractivity contribution in [1.82, 2.24) is 10.6 Å². The van der Waals surface area contributed by atoms with Crippen molar-refractivity contribution in [1.29, 1.82) is 0 Å². The van der Waals surface area contributed by atoms with Crippen LogP contribution in [0.1, 0.15) is 31.2 Å². The molecule has 7 heteroatoms. The molecule has 1 aromatic carbocycles. The van der Waals surface area contributed by atoms with Gasteiger partial charge in [-0.2, -0.15) is 13.2 Å². The zero-order valence-electron chi connectivity index (χ0n) is 13.0. The number of alkyl halides is 3. The molecule has 2 rings (SSSR count). The molecule has 0 atom stereocenters. The molecule has 128 valence electrons. The van der Waals surface area contributed by atoms with Crippen LogP contribution >= 0.6 is 11.6 Å². The van der Waals surface area contributed by atoms with Gasteiger partial charge in [0, 0.05) is 30.6 Å². The molecule has 0 radical (unpaired) electrons. The monoisotopic (exact) mass is 347 g/mol. The summed E-state index contributed by atoms with van der Waals surface area (Å²) in [5.74, 6) is 0.398. The lowest BCUT2D eigenvalue weighted by molar-refractivity contribution is -0.132. The molecule has 23 heavy (non-hydrogen) atoms. The lowest BCUT2D eigenvalue weighted by Crippen LogP contribution is -2.49. The largest absolute Gasteiger partial charge is 0.390 e. The standard InChI is InChI=1S/C16H21ClF3N3/c1-21-14(22-10-9-16(18,19)20)23-11-15(7-2-8-15)12-3-5-13(17)6-4-12/h3-6H,2,7-11H2,1H3,(H2,21,22,23). The Morgan fingerprint density at radius 1 is 1.22 bits per heavy atom. The average Bonchev–Trinajstić information content (AvgIpc) is 2.44. The van der Waals surface area contributed by atoms with Gasteiger partial charge in [-0.25, -0.2) is 0 Å². The van der Waals surface area contributed by atoms with E-state index in [-0.39, 0.29) is 12.0 Å². The summed E-state index contributed by atoms with van der Waals surface area (Å²) in [7, 11) is 1.55. The molecule has 0 saturated heterocycles. The van der Waals surface area contributed by atoms with Crippen molar-refractivity contribution in [2.24, 2.45) is 4.99 Å². The molecule has 1 aliphatic rings. The minimum Gasteiger partial charge on any atom is -0.356 e. The van der Waals surface area contributed by atoms with Crippen LogP contribution in [-0.4, -0.2) is 32.3 Å². The summed E-state index contributed by atoms with van der Waals surface area (Å²) in [5.41, 5.74) is 1.21. The van der Waals surface area contributed by atoms with Gasteiger partial charge in [0.05, 0.1) is 6.42 Å². The molecule has 2 N–H and O–H groups in total. The lowest BCUT2D eigenvalue weighted by atomic mass is 9.64. The quantitative estimate of drug-likeness (QED) is 0.626. The van der Waals surface area contributed by atoms with E-state index in [1.807, 2.05) is 24.3 Å². The molecular formula is C16H21ClF3N3. The molecule has 0 spiro atoms. The van der Waals surface area contributed by atoms with Gasteiger partial charge >= 0.3 is 6.18 Å². The van der Waals surface area contributed by atoms with Crippen LogP contribution in [0.25, 0.3) is 0 Å². The van der Waals surface area contributed by atoms with Gasteiger partial charge < -0.3 is 10.6 Å². The number of guanidine groups is 1. The Bertz CT molecular complexity index is 536. The second-order valence-electron chi connectivity index (χ2n) is 5.86. The summed E-state index contributed by atoms with van der Waals surface area (Å²) in [6.07, 6.45) is -1.81. The minimum absolute atomic E-state index is 0.00619. The van der Waals surface area contributed by atoms with E-state index < -0.39 is 12.6 Å². The summed E-state index contributed by atoms with van der Waals surface area (Å²) in [4.78, 5) is 3.98. The van der Waals surface area contributed by atoms with E-state index in [1.54, 1.807) is 7.05 Å². The first-order chi connectivity index (χ1) is 10.8. The van der Waals surface area contributed by atoms with Crippen molar-refractivity contribution >= 4 is 17.6 Å². The maximum absolute atomic E-state index is 12.2. The molecule has 0 bridgehead atoms. The summed E-state index contributed by atoms with van der Waals surface area (Å²) in [6, 6.07) is 7.77. The van der Waals surface area contributed by atoms with Crippen LogP contribution in [0, 0.1) is 0 Å². The summed E-state index contributed by atoms with van der Waals surface area (Å²) < 4.78 is 36.6. The normalized spacial score (nSPS) is 17.5. The minimum atomic E-state index is -4.16. The van der Waals surface area contributed by atoms with Gasteiger partial charge in [0.2, 0.25) is 0 Å². The van der Waals surface area contributed by atoms with Crippen molar-refractivity contribution in [3.8, 4) is 0 Å². The third-order valence-corrected chi connectivity index (χ3v) is 4.54. The van der Waals surface area contributed by atoms with Crippen molar-refractivity contribution in [3.05, 3.63) is 34.9 Å². The predicted molar refractivity (Wildman–Crippen MR) is 87.0 cm³/mol. The van der Waals surface area contributed by atoms with E-state index in [4.69, 9.17) is 11.6 Å². The van der Waals surface area contributed by atoms with Crippen LogP contribution in [0.2, 0.25) is 5.02 Å². The van der Waals surface area contributed by atoms with Gasteiger partial charge in [-0.3, -0.25) is 4.99 Å². The Morgan fingerprint density at radius 3 is 2.35 bits per heavy atom. The highest BCUT2D eigenvalue weighted by molar-refractivity contribution is 6.30. The number of aliphatic imine (C=N–C) groups is 1. The van der Waals surface area contributed by atoms with Gasteiger partial charge in [0.25, 0.3) is 0 Å². The smallest absolute Gasteiger partial charge is 0.356 e. The summed E-state index contributed by atoms with van der Waals surface area (Å²) in [5, 5.41) is 6.55. The van der Waals surface area contributed by atoms with Crippen molar-refractivity contribution < 1.29 is 13.2 Å². The number of hydrogen-bond donors (Lipinski definition) is 2. The second-order valence-corrected chi connectivity index (χ2v) is 6.29. The first-order valence-corrected chi connectivity index (χ1v) is 8.00. The molecule has 1 aromatic rings. The highest BCUT2D eigenvalue weighted by Gasteiger charge is 2.38. The van der Waals surface area contributed by atoms with E-state index in [2.05, 4.69) is 15.6 Å². The number of nitrogens with zero attached hydrogens (tertiary/aromatic N) is 1. The molecule has 0 aliphatic heterocycles. The Labute approximate surface area is 139 Å². The maximum atomic E-state index is 12.2. The van der Waals surface area contributed by atoms with Gasteiger partial charge in [0.1, 0.15) is 0 Å². The van der Waals surface area contributed by atoms with Gasteiger partial charge in [-0.1, -0.05) is 30.2 Å². The zero-order valence-corrected chi connectivity index (χ0v) is 13.8. The lowest BCUT2D eigenvalue weighted by Gasteiger charge is -2.43. The molecule has 0 amide bonds. The number of hydrogen-bond acceptors (Lipinski definition) is 1. The van der Waals surface area contributed by atoms with Crippen LogP contribution in [-0.2, 0) is 5.41 Å². The fraction of sp³-hybridized carbons (Fsp3) is 0.562. The van der Waals surface area contributed by atoms with Gasteiger partial charge in [-0.15, -0.1) is 0 Å². The molecule has 0 aromatic heterocycles. The Hall–Kier alpha value is -1.43. The van der Waals surface area contributed by atoms with E-state index in [0.29, 0.717) is 17.5 Å². The van der Waals surface area contributed by atoms with Crippen LogP contribution in [0.3, 0.4) is 0 Å². The number of halogens is 4. The van der Waals surface area contributed by atoms with E-state index >= 15 is 0 Å². The van der Waals surface area contributed by atoms with Crippen molar-refractivity contribution in [2.45, 2.75) is 37.3 Å². The highest BCUT2D eigenvalue weighted by atomic mass is 35.5. The fourth-order valence-corrected chi connectivity index (χ4v) is 2.90. The van der Waals surface area contributed by atoms with Crippen LogP contribution in [0.15, 0.2) is 29.3 Å². The molecule has 0 unspecified atom stereocenters. The Morgan fingerprint density at radius 2 is 1.87 bits per heavy atom. The van der Waals surface area contributed by atoms with Crippen LogP contribution in [0.5, 0.6) is 0 Å². The van der Waals surface area contributed by atoms with Crippen molar-refractivity contribution in [3.63, 3.8) is 0 Å². The van der Waals surface area contributed by atoms with E-state index in [9.17, 15) is 13.2 Å². The SMILES string of the molecule is CN=C(NCCC(F)(F)F)NCC1(c2ccc(Cl)cc2)CCC1. The highest BCUT2D eigenvalue weighted by Crippen LogP contribution is 2.43. The molecule has 1 saturated carbocycles. The van der Waals surface area contributed by atoms with Crippen LogP contribution < -0.4 is 10.6 Å². The molecule has 3 nitrogen and oxygen atoms in total. The first kappa shape index (κ1) is 17.9. The van der Waals surface area contributed by atoms with E-state index in [0.717, 1.165) is 19.3 Å². The third-order valence-electron chi connectivity index (χ3n) is 4.29. The number of rotatable bonds is 5. The van der Waals surface area contributed by atoms with Crippen LogP contribution in [0.4, 0.5) is 13.2 Å². The maximum Gasteiger partial charge on any atom is 0.390 e. The number of nitrogens with one attached hydrogen (secondary N) is 2. The summed E-state index contributed by atoms with van der Waals surface area (Å²) in [6.45, 7) is 0.456. The topological polar surface area (TPSA) is 36.4 Å².